The monoisotopic (exact) mass is 280 g/mol. The van der Waals surface area contributed by atoms with Crippen LogP contribution in [0.2, 0.25) is 0 Å². The average molecular weight is 280 g/mol. The van der Waals surface area contributed by atoms with Crippen LogP contribution in [0, 0.1) is 11.8 Å². The average Bonchev–Trinajstić information content (AvgIpc) is 3.25. The summed E-state index contributed by atoms with van der Waals surface area (Å²) in [5.74, 6) is 0.615. The molecule has 20 heavy (non-hydrogen) atoms. The van der Waals surface area contributed by atoms with E-state index in [4.69, 9.17) is 4.74 Å². The van der Waals surface area contributed by atoms with Gasteiger partial charge in [-0.05, 0) is 44.9 Å². The summed E-state index contributed by atoms with van der Waals surface area (Å²) in [7, 11) is 1.62. The maximum absolute atomic E-state index is 10.9. The van der Waals surface area contributed by atoms with Gasteiger partial charge in [0, 0.05) is 13.0 Å². The van der Waals surface area contributed by atoms with Crippen LogP contribution >= 0.6 is 0 Å². The van der Waals surface area contributed by atoms with Gasteiger partial charge >= 0.3 is 0 Å². The summed E-state index contributed by atoms with van der Waals surface area (Å²) in [5, 5.41) is 21.1. The topological polar surface area (TPSA) is 49.7 Å². The van der Waals surface area contributed by atoms with Gasteiger partial charge in [-0.1, -0.05) is 30.7 Å². The van der Waals surface area contributed by atoms with Crippen molar-refractivity contribution in [3.63, 3.8) is 0 Å². The molecule has 0 aromatic heterocycles. The van der Waals surface area contributed by atoms with Gasteiger partial charge in [0.25, 0.3) is 0 Å². The quantitative estimate of drug-likeness (QED) is 0.761. The predicted molar refractivity (Wildman–Crippen MR) is 80.4 cm³/mol. The van der Waals surface area contributed by atoms with Crippen molar-refractivity contribution in [3.8, 4) is 0 Å². The minimum absolute atomic E-state index is 0.134. The van der Waals surface area contributed by atoms with Gasteiger partial charge in [-0.3, -0.25) is 0 Å². The lowest BCUT2D eigenvalue weighted by molar-refractivity contribution is -0.148. The molecule has 0 aromatic carbocycles. The summed E-state index contributed by atoms with van der Waals surface area (Å²) in [6, 6.07) is 0. The second-order valence-electron chi connectivity index (χ2n) is 6.37. The molecule has 3 heteroatoms. The summed E-state index contributed by atoms with van der Waals surface area (Å²) in [4.78, 5) is 0. The van der Waals surface area contributed by atoms with Crippen molar-refractivity contribution in [2.45, 2.75) is 63.8 Å². The van der Waals surface area contributed by atoms with Crippen molar-refractivity contribution < 1.29 is 14.9 Å². The molecule has 2 fully saturated rings. The molecule has 0 spiro atoms. The molecule has 114 valence electrons. The van der Waals surface area contributed by atoms with Crippen LogP contribution in [0.5, 0.6) is 0 Å². The zero-order chi connectivity index (χ0) is 14.8. The van der Waals surface area contributed by atoms with Crippen molar-refractivity contribution in [1.82, 2.24) is 0 Å². The van der Waals surface area contributed by atoms with Crippen molar-refractivity contribution in [1.29, 1.82) is 0 Å². The molecule has 0 radical (unpaired) electrons. The van der Waals surface area contributed by atoms with E-state index in [1.54, 1.807) is 7.11 Å². The number of rotatable bonds is 5. The van der Waals surface area contributed by atoms with Crippen LogP contribution in [-0.4, -0.2) is 35.1 Å². The molecule has 0 bridgehead atoms. The Kier molecular flexibility index (Phi) is 5.05. The van der Waals surface area contributed by atoms with Crippen LogP contribution in [0.1, 0.15) is 46.0 Å². The molecule has 0 amide bonds. The summed E-state index contributed by atoms with van der Waals surface area (Å²) in [6.45, 7) is 4.04. The number of aliphatic hydroxyl groups is 2. The molecule has 2 N–H and O–H groups in total. The van der Waals surface area contributed by atoms with Crippen LogP contribution in [0.3, 0.4) is 0 Å². The maximum atomic E-state index is 10.9. The number of allylic oxidation sites excluding steroid dienone is 3. The van der Waals surface area contributed by atoms with Crippen LogP contribution in [0.4, 0.5) is 0 Å². The van der Waals surface area contributed by atoms with Crippen molar-refractivity contribution in [2.24, 2.45) is 11.8 Å². The van der Waals surface area contributed by atoms with Gasteiger partial charge in [0.1, 0.15) is 0 Å². The third-order valence-corrected chi connectivity index (χ3v) is 4.90. The molecular weight excluding hydrogens is 252 g/mol. The molecule has 0 aliphatic heterocycles. The fourth-order valence-electron chi connectivity index (χ4n) is 3.38. The summed E-state index contributed by atoms with van der Waals surface area (Å²) < 4.78 is 5.50. The summed E-state index contributed by atoms with van der Waals surface area (Å²) in [5.41, 5.74) is 0.324. The molecule has 2 rings (SSSR count). The lowest BCUT2D eigenvalue weighted by Gasteiger charge is -2.46. The lowest BCUT2D eigenvalue weighted by Crippen LogP contribution is -2.54. The first-order chi connectivity index (χ1) is 9.51. The van der Waals surface area contributed by atoms with Gasteiger partial charge < -0.3 is 14.9 Å². The second kappa shape index (κ2) is 6.42. The van der Waals surface area contributed by atoms with Crippen LogP contribution in [-0.2, 0) is 4.74 Å². The van der Waals surface area contributed by atoms with Crippen molar-refractivity contribution in [3.05, 3.63) is 23.8 Å². The Morgan fingerprint density at radius 2 is 2.05 bits per heavy atom. The fourth-order valence-corrected chi connectivity index (χ4v) is 3.38. The van der Waals surface area contributed by atoms with E-state index in [1.165, 1.54) is 12.8 Å². The first-order valence-electron chi connectivity index (χ1n) is 7.80. The molecule has 2 aliphatic carbocycles. The molecule has 4 atom stereocenters. The first-order valence-corrected chi connectivity index (χ1v) is 7.80. The molecular formula is C17H28O3. The van der Waals surface area contributed by atoms with Gasteiger partial charge in [0.15, 0.2) is 0 Å². The second-order valence-corrected chi connectivity index (χ2v) is 6.37. The largest absolute Gasteiger partial charge is 0.390 e. The van der Waals surface area contributed by atoms with Crippen LogP contribution in [0.15, 0.2) is 23.8 Å². The zero-order valence-corrected chi connectivity index (χ0v) is 12.9. The number of hydrogen-bond donors (Lipinski definition) is 2. The third-order valence-electron chi connectivity index (χ3n) is 4.90. The maximum Gasteiger partial charge on any atom is 0.0922 e. The molecule has 2 saturated carbocycles. The Morgan fingerprint density at radius 1 is 1.35 bits per heavy atom. The number of ether oxygens (including phenoxy) is 1. The zero-order valence-electron chi connectivity index (χ0n) is 12.9. The Morgan fingerprint density at radius 3 is 2.60 bits per heavy atom. The number of hydrogen-bond acceptors (Lipinski definition) is 3. The Hall–Kier alpha value is -0.640. The van der Waals surface area contributed by atoms with E-state index in [-0.39, 0.29) is 12.0 Å². The normalized spacial score (nSPS) is 39.5. The molecule has 0 heterocycles. The smallest absolute Gasteiger partial charge is 0.0922 e. The van der Waals surface area contributed by atoms with Gasteiger partial charge in [-0.25, -0.2) is 0 Å². The van der Waals surface area contributed by atoms with Gasteiger partial charge in [-0.2, -0.15) is 0 Å². The first kappa shape index (κ1) is 15.7. The third kappa shape index (κ3) is 3.33. The SMILES string of the molecule is CC[C@@]1(O)CC[C@@H](O)[C@@H](OC)[C@@H]1/C(C)=C/C=C/C1CC1. The molecule has 2 aliphatic rings. The highest BCUT2D eigenvalue weighted by atomic mass is 16.5. The van der Waals surface area contributed by atoms with E-state index < -0.39 is 11.7 Å². The molecule has 0 aromatic rings. The fraction of sp³-hybridized carbons (Fsp3) is 0.765. The van der Waals surface area contributed by atoms with E-state index in [9.17, 15) is 10.2 Å². The van der Waals surface area contributed by atoms with E-state index >= 15 is 0 Å². The standard InChI is InChI=1S/C17H28O3/c1-4-17(19)11-10-14(18)16(20-3)15(17)12(2)6-5-7-13-8-9-13/h5-7,13-16,18-19H,4,8-11H2,1-3H3/b7-5+,12-6+/t14-,15+,16-,17-/m1/s1. The summed E-state index contributed by atoms with van der Waals surface area (Å²) >= 11 is 0. The van der Waals surface area contributed by atoms with Gasteiger partial charge in [-0.15, -0.1) is 0 Å². The van der Waals surface area contributed by atoms with E-state index in [1.807, 2.05) is 13.8 Å². The highest BCUT2D eigenvalue weighted by Gasteiger charge is 2.47. The minimum Gasteiger partial charge on any atom is -0.390 e. The predicted octanol–water partition coefficient (Wildman–Crippen LogP) is 2.83. The Labute approximate surface area is 122 Å². The van der Waals surface area contributed by atoms with Crippen LogP contribution in [0.25, 0.3) is 0 Å². The van der Waals surface area contributed by atoms with Gasteiger partial charge in [0.05, 0.1) is 17.8 Å². The van der Waals surface area contributed by atoms with Crippen molar-refractivity contribution >= 4 is 0 Å². The molecule has 0 unspecified atom stereocenters. The van der Waals surface area contributed by atoms with E-state index in [0.717, 1.165) is 11.5 Å². The van der Waals surface area contributed by atoms with E-state index in [0.29, 0.717) is 19.3 Å². The van der Waals surface area contributed by atoms with Crippen LogP contribution < -0.4 is 0 Å². The Bertz CT molecular complexity index is 384. The highest BCUT2D eigenvalue weighted by Crippen LogP contribution is 2.42. The minimum atomic E-state index is -0.770. The van der Waals surface area contributed by atoms with E-state index in [2.05, 4.69) is 18.2 Å². The Balaban J connectivity index is 2.19. The number of methoxy groups -OCH3 is 1. The molecule has 3 nitrogen and oxygen atoms in total. The highest BCUT2D eigenvalue weighted by molar-refractivity contribution is 5.21. The lowest BCUT2D eigenvalue weighted by atomic mass is 9.68. The molecule has 0 saturated heterocycles. The van der Waals surface area contributed by atoms with Crippen molar-refractivity contribution in [2.75, 3.05) is 7.11 Å². The summed E-state index contributed by atoms with van der Waals surface area (Å²) in [6.07, 6.45) is 10.1. The van der Waals surface area contributed by atoms with Gasteiger partial charge in [0.2, 0.25) is 0 Å². The number of aliphatic hydroxyl groups excluding tert-OH is 1.